The molecule has 0 radical (unpaired) electrons. The third kappa shape index (κ3) is 8.83. The van der Waals surface area contributed by atoms with Crippen molar-refractivity contribution < 1.29 is 23.9 Å². The van der Waals surface area contributed by atoms with Crippen LogP contribution in [0.25, 0.3) is 11.1 Å². The highest BCUT2D eigenvalue weighted by atomic mass is 35.5. The Morgan fingerprint density at radius 1 is 0.782 bits per heavy atom. The lowest BCUT2D eigenvalue weighted by molar-refractivity contribution is -0.136. The first-order valence-corrected chi connectivity index (χ1v) is 19.5. The molecule has 0 aromatic heterocycles. The summed E-state index contributed by atoms with van der Waals surface area (Å²) in [6.07, 6.45) is 2.05. The molecule has 0 spiro atoms. The molecule has 4 aromatic rings. The number of anilines is 1. The van der Waals surface area contributed by atoms with Gasteiger partial charge in [0.2, 0.25) is 11.8 Å². The third-order valence-electron chi connectivity index (χ3n) is 10.6. The quantitative estimate of drug-likeness (QED) is 0.0841. The van der Waals surface area contributed by atoms with E-state index in [0.717, 1.165) is 84.6 Å². The van der Waals surface area contributed by atoms with Crippen molar-refractivity contribution in [1.82, 2.24) is 20.0 Å². The maximum absolute atomic E-state index is 13.1. The van der Waals surface area contributed by atoms with Gasteiger partial charge in [0.05, 0.1) is 11.1 Å². The first kappa shape index (κ1) is 38.0. The van der Waals surface area contributed by atoms with E-state index in [1.54, 1.807) is 18.2 Å². The lowest BCUT2D eigenvalue weighted by Gasteiger charge is -2.34. The number of amides is 4. The lowest BCUT2D eigenvalue weighted by atomic mass is 9.88. The van der Waals surface area contributed by atoms with E-state index in [-0.39, 0.29) is 24.0 Å². The smallest absolute Gasteiger partial charge is 0.262 e. The monoisotopic (exact) mass is 759 g/mol. The molecule has 2 saturated heterocycles. The molecule has 4 aromatic carbocycles. The van der Waals surface area contributed by atoms with E-state index in [9.17, 15) is 19.2 Å². The molecule has 7 rings (SSSR count). The summed E-state index contributed by atoms with van der Waals surface area (Å²) < 4.78 is 6.20. The van der Waals surface area contributed by atoms with Crippen molar-refractivity contribution in [2.45, 2.75) is 38.6 Å². The molecule has 2 fully saturated rings. The Morgan fingerprint density at radius 2 is 1.44 bits per heavy atom. The van der Waals surface area contributed by atoms with Crippen LogP contribution in [0.4, 0.5) is 5.69 Å². The van der Waals surface area contributed by atoms with Gasteiger partial charge in [0, 0.05) is 56.4 Å². The van der Waals surface area contributed by atoms with Crippen molar-refractivity contribution in [2.75, 3.05) is 57.7 Å². The summed E-state index contributed by atoms with van der Waals surface area (Å²) in [6.45, 7) is 9.28. The van der Waals surface area contributed by atoms with E-state index < -0.39 is 29.7 Å². The van der Waals surface area contributed by atoms with Gasteiger partial charge in [-0.05, 0) is 96.1 Å². The number of hydrogen-bond acceptors (Lipinski definition) is 8. The Labute approximate surface area is 327 Å². The Balaban J connectivity index is 0.845. The molecule has 0 saturated carbocycles. The van der Waals surface area contributed by atoms with Crippen molar-refractivity contribution in [3.63, 3.8) is 0 Å². The fourth-order valence-electron chi connectivity index (χ4n) is 7.66. The molecule has 3 aliphatic rings. The summed E-state index contributed by atoms with van der Waals surface area (Å²) >= 11 is 6.24. The summed E-state index contributed by atoms with van der Waals surface area (Å²) in [6, 6.07) is 31.1. The minimum atomic E-state index is -0.967. The number of piperazine rings is 1. The predicted molar refractivity (Wildman–Crippen MR) is 215 cm³/mol. The molecule has 2 N–H and O–H groups in total. The molecule has 284 valence electrons. The van der Waals surface area contributed by atoms with Gasteiger partial charge in [-0.1, -0.05) is 73.1 Å². The SMILES string of the molecule is CC/C(=C(/c1ccc(Cl)cc1)c1ccc(OCCN2CCN(CCCNc3ccc4c(c3)C(=O)N(C3CCC(=O)NC3=O)C4=O)CC2)cc1)c1ccccc1. The molecule has 55 heavy (non-hydrogen) atoms. The van der Waals surface area contributed by atoms with Gasteiger partial charge in [-0.2, -0.15) is 0 Å². The van der Waals surface area contributed by atoms with Crippen LogP contribution in [0.2, 0.25) is 5.02 Å². The zero-order chi connectivity index (χ0) is 38.3. The molecule has 11 heteroatoms. The van der Waals surface area contributed by atoms with Crippen LogP contribution < -0.4 is 15.4 Å². The number of fused-ring (bicyclic) bond motifs is 1. The maximum Gasteiger partial charge on any atom is 0.262 e. The van der Waals surface area contributed by atoms with Crippen molar-refractivity contribution in [2.24, 2.45) is 0 Å². The topological polar surface area (TPSA) is 111 Å². The lowest BCUT2D eigenvalue weighted by Crippen LogP contribution is -2.54. The first-order chi connectivity index (χ1) is 26.8. The van der Waals surface area contributed by atoms with Gasteiger partial charge in [0.15, 0.2) is 0 Å². The van der Waals surface area contributed by atoms with Crippen LogP contribution in [-0.2, 0) is 9.59 Å². The highest BCUT2D eigenvalue weighted by Gasteiger charge is 2.44. The molecular weight excluding hydrogens is 714 g/mol. The number of benzene rings is 4. The number of ether oxygens (including phenoxy) is 1. The Bertz CT molecular complexity index is 2060. The number of rotatable bonds is 14. The normalized spacial score (nSPS) is 18.2. The van der Waals surface area contributed by atoms with Crippen molar-refractivity contribution in [1.29, 1.82) is 0 Å². The van der Waals surface area contributed by atoms with E-state index >= 15 is 0 Å². The van der Waals surface area contributed by atoms with Crippen LogP contribution >= 0.6 is 11.6 Å². The van der Waals surface area contributed by atoms with Crippen LogP contribution in [0.1, 0.15) is 70.0 Å². The van der Waals surface area contributed by atoms with Crippen LogP contribution in [0.3, 0.4) is 0 Å². The number of allylic oxidation sites excluding steroid dienone is 1. The second kappa shape index (κ2) is 17.5. The third-order valence-corrected chi connectivity index (χ3v) is 10.9. The van der Waals surface area contributed by atoms with Gasteiger partial charge < -0.3 is 15.0 Å². The number of carbonyl (C=O) groups is 4. The Hall–Kier alpha value is -5.29. The van der Waals surface area contributed by atoms with Gasteiger partial charge in [-0.25, -0.2) is 0 Å². The standard InChI is InChI=1S/C44H46ClN5O5/c1-2-36(30-7-4-3-5-8-30)41(31-9-13-33(45)14-10-31)32-11-16-35(17-12-32)55-28-27-49-25-23-48(24-26-49)22-6-21-46-34-15-18-37-38(29-34)44(54)50(43(37)53)39-19-20-40(51)47-42(39)52/h3-5,7-18,29,39,46H,2,6,19-28H2,1H3,(H,47,51,52)/b41-36+. The second-order valence-electron chi connectivity index (χ2n) is 14.1. The molecular formula is C44H46ClN5O5. The number of carbonyl (C=O) groups excluding carboxylic acids is 4. The summed E-state index contributed by atoms with van der Waals surface area (Å²) in [5, 5.41) is 6.33. The van der Waals surface area contributed by atoms with E-state index in [1.165, 1.54) is 16.7 Å². The average molecular weight is 760 g/mol. The maximum atomic E-state index is 13.1. The number of hydrogen-bond donors (Lipinski definition) is 2. The molecule has 10 nitrogen and oxygen atoms in total. The zero-order valence-electron chi connectivity index (χ0n) is 31.1. The molecule has 0 aliphatic carbocycles. The van der Waals surface area contributed by atoms with E-state index in [1.807, 2.05) is 18.2 Å². The van der Waals surface area contributed by atoms with Gasteiger partial charge in [-0.15, -0.1) is 0 Å². The van der Waals surface area contributed by atoms with Gasteiger partial charge in [-0.3, -0.25) is 34.3 Å². The summed E-state index contributed by atoms with van der Waals surface area (Å²) in [4.78, 5) is 55.9. The number of piperidine rings is 1. The van der Waals surface area contributed by atoms with Gasteiger partial charge in [0.1, 0.15) is 18.4 Å². The fourth-order valence-corrected chi connectivity index (χ4v) is 7.79. The second-order valence-corrected chi connectivity index (χ2v) is 14.6. The fraction of sp³-hybridized carbons (Fsp3) is 0.318. The van der Waals surface area contributed by atoms with Gasteiger partial charge >= 0.3 is 0 Å². The number of halogens is 1. The van der Waals surface area contributed by atoms with E-state index in [0.29, 0.717) is 13.2 Å². The average Bonchev–Trinajstić information content (AvgIpc) is 3.45. The van der Waals surface area contributed by atoms with Gasteiger partial charge in [0.25, 0.3) is 11.8 Å². The minimum absolute atomic E-state index is 0.0950. The highest BCUT2D eigenvalue weighted by molar-refractivity contribution is 6.30. The summed E-state index contributed by atoms with van der Waals surface area (Å²) in [5.74, 6) is -1.14. The Kier molecular flexibility index (Phi) is 12.1. The molecule has 3 aliphatic heterocycles. The minimum Gasteiger partial charge on any atom is -0.492 e. The van der Waals surface area contributed by atoms with Crippen LogP contribution in [0.5, 0.6) is 5.75 Å². The molecule has 1 unspecified atom stereocenters. The van der Waals surface area contributed by atoms with E-state index in [4.69, 9.17) is 16.3 Å². The molecule has 1 atom stereocenters. The van der Waals surface area contributed by atoms with E-state index in [2.05, 4.69) is 88.0 Å². The molecule has 3 heterocycles. The first-order valence-electron chi connectivity index (χ1n) is 19.1. The van der Waals surface area contributed by atoms with Crippen LogP contribution in [-0.4, -0.2) is 96.8 Å². The van der Waals surface area contributed by atoms with Crippen molar-refractivity contribution in [3.8, 4) is 5.75 Å². The van der Waals surface area contributed by atoms with Crippen molar-refractivity contribution in [3.05, 3.63) is 130 Å². The van der Waals surface area contributed by atoms with Crippen LogP contribution in [0, 0.1) is 0 Å². The number of nitrogens with zero attached hydrogens (tertiary/aromatic N) is 3. The van der Waals surface area contributed by atoms with Crippen molar-refractivity contribution >= 4 is 52.1 Å². The van der Waals surface area contributed by atoms with Crippen LogP contribution in [0.15, 0.2) is 97.1 Å². The largest absolute Gasteiger partial charge is 0.492 e. The molecule has 4 amide bonds. The summed E-state index contributed by atoms with van der Waals surface area (Å²) in [7, 11) is 0. The number of imide groups is 2. The summed E-state index contributed by atoms with van der Waals surface area (Å²) in [5.41, 5.74) is 7.27. The molecule has 0 bridgehead atoms. The number of nitrogens with one attached hydrogen (secondary N) is 2. The Morgan fingerprint density at radius 3 is 2.11 bits per heavy atom. The predicted octanol–water partition coefficient (Wildman–Crippen LogP) is 6.61. The highest BCUT2D eigenvalue weighted by Crippen LogP contribution is 2.36. The zero-order valence-corrected chi connectivity index (χ0v) is 31.8.